The molecule has 1 N–H and O–H groups in total. The van der Waals surface area contributed by atoms with E-state index in [0.717, 1.165) is 53.1 Å². The van der Waals surface area contributed by atoms with E-state index in [4.69, 9.17) is 4.74 Å². The molecule has 6 nitrogen and oxygen atoms in total. The minimum absolute atomic E-state index is 0.771. The van der Waals surface area contributed by atoms with Crippen molar-refractivity contribution in [2.45, 2.75) is 0 Å². The minimum atomic E-state index is 0.771. The van der Waals surface area contributed by atoms with Gasteiger partial charge in [-0.1, -0.05) is 36.4 Å². The molecule has 0 fully saturated rings. The van der Waals surface area contributed by atoms with E-state index in [2.05, 4.69) is 111 Å². The highest BCUT2D eigenvalue weighted by Crippen LogP contribution is 2.40. The third-order valence-corrected chi connectivity index (χ3v) is 6.88. The van der Waals surface area contributed by atoms with E-state index in [1.54, 1.807) is 0 Å². The number of pyridine rings is 1. The van der Waals surface area contributed by atoms with Crippen LogP contribution in [0.15, 0.2) is 103 Å². The highest BCUT2D eigenvalue weighted by molar-refractivity contribution is 6.10. The Balaban J connectivity index is 1.27. The Labute approximate surface area is 209 Å². The number of anilines is 3. The van der Waals surface area contributed by atoms with Gasteiger partial charge in [0.2, 0.25) is 0 Å². The van der Waals surface area contributed by atoms with Gasteiger partial charge in [0.25, 0.3) is 0 Å². The molecule has 2 aliphatic rings. The molecule has 2 aromatic heterocycles. The van der Waals surface area contributed by atoms with Crippen molar-refractivity contribution in [2.75, 3.05) is 30.1 Å². The molecule has 4 heterocycles. The van der Waals surface area contributed by atoms with Gasteiger partial charge in [-0.25, -0.2) is 0 Å². The van der Waals surface area contributed by atoms with Crippen LogP contribution in [0.4, 0.5) is 17.1 Å². The van der Waals surface area contributed by atoms with E-state index in [1.807, 2.05) is 24.5 Å². The van der Waals surface area contributed by atoms with E-state index in [1.165, 1.54) is 16.3 Å². The van der Waals surface area contributed by atoms with Gasteiger partial charge >= 0.3 is 0 Å². The zero-order chi connectivity index (χ0) is 24.1. The van der Waals surface area contributed by atoms with Gasteiger partial charge in [-0.05, 0) is 42.5 Å². The van der Waals surface area contributed by atoms with Gasteiger partial charge in [0.1, 0.15) is 17.3 Å². The fourth-order valence-electron chi connectivity index (χ4n) is 5.21. The summed E-state index contributed by atoms with van der Waals surface area (Å²) in [5, 5.41) is 5.94. The van der Waals surface area contributed by atoms with E-state index >= 15 is 0 Å². The SMILES string of the molecule is CN1CN(c2cccc(Oc3ccc4c5ccccc5n(C5=CC=CCN5)c4c3)c2)c2ccncc21. The first-order chi connectivity index (χ1) is 17.8. The lowest BCUT2D eigenvalue weighted by Gasteiger charge is -2.20. The van der Waals surface area contributed by atoms with Gasteiger partial charge in [0.05, 0.1) is 35.3 Å². The molecular weight excluding hydrogens is 446 g/mol. The summed E-state index contributed by atoms with van der Waals surface area (Å²) < 4.78 is 8.70. The quantitative estimate of drug-likeness (QED) is 0.325. The topological polar surface area (TPSA) is 45.6 Å². The van der Waals surface area contributed by atoms with Crippen molar-refractivity contribution in [1.82, 2.24) is 14.9 Å². The number of benzene rings is 3. The number of rotatable bonds is 4. The number of hydrogen-bond acceptors (Lipinski definition) is 5. The molecule has 0 unspecified atom stereocenters. The molecule has 0 saturated carbocycles. The van der Waals surface area contributed by atoms with Gasteiger partial charge in [-0.3, -0.25) is 9.55 Å². The monoisotopic (exact) mass is 471 g/mol. The summed E-state index contributed by atoms with van der Waals surface area (Å²) in [5.41, 5.74) is 5.65. The highest BCUT2D eigenvalue weighted by Gasteiger charge is 2.24. The molecule has 0 radical (unpaired) electrons. The summed E-state index contributed by atoms with van der Waals surface area (Å²) in [7, 11) is 2.08. The maximum absolute atomic E-state index is 6.42. The predicted octanol–water partition coefficient (Wildman–Crippen LogP) is 6.49. The molecule has 0 aliphatic carbocycles. The number of hydrogen-bond donors (Lipinski definition) is 1. The molecule has 36 heavy (non-hydrogen) atoms. The van der Waals surface area contributed by atoms with Gasteiger partial charge in [0, 0.05) is 48.4 Å². The lowest BCUT2D eigenvalue weighted by atomic mass is 10.1. The molecule has 0 amide bonds. The van der Waals surface area contributed by atoms with Crippen molar-refractivity contribution >= 4 is 44.7 Å². The Kier molecular flexibility index (Phi) is 4.70. The van der Waals surface area contributed by atoms with E-state index in [-0.39, 0.29) is 0 Å². The van der Waals surface area contributed by atoms with Crippen LogP contribution in [-0.2, 0) is 0 Å². The largest absolute Gasteiger partial charge is 0.457 e. The van der Waals surface area contributed by atoms with Crippen molar-refractivity contribution in [3.8, 4) is 11.5 Å². The zero-order valence-electron chi connectivity index (χ0n) is 19.9. The van der Waals surface area contributed by atoms with E-state index in [9.17, 15) is 0 Å². The van der Waals surface area contributed by atoms with Crippen LogP contribution in [0.2, 0.25) is 0 Å². The third kappa shape index (κ3) is 3.30. The molecule has 7 rings (SSSR count). The van der Waals surface area contributed by atoms with Crippen LogP contribution in [0.5, 0.6) is 11.5 Å². The van der Waals surface area contributed by atoms with Crippen LogP contribution < -0.4 is 19.9 Å². The predicted molar refractivity (Wildman–Crippen MR) is 147 cm³/mol. The number of dihydropyridines is 1. The first-order valence-corrected chi connectivity index (χ1v) is 12.1. The lowest BCUT2D eigenvalue weighted by Crippen LogP contribution is -2.23. The first kappa shape index (κ1) is 20.6. The van der Waals surface area contributed by atoms with Crippen molar-refractivity contribution < 1.29 is 4.74 Å². The number of fused-ring (bicyclic) bond motifs is 4. The minimum Gasteiger partial charge on any atom is -0.457 e. The zero-order valence-corrected chi connectivity index (χ0v) is 19.9. The summed E-state index contributed by atoms with van der Waals surface area (Å²) in [4.78, 5) is 8.76. The van der Waals surface area contributed by atoms with Gasteiger partial charge in [0.15, 0.2) is 0 Å². The second-order valence-corrected chi connectivity index (χ2v) is 9.12. The smallest absolute Gasteiger partial charge is 0.129 e. The van der Waals surface area contributed by atoms with Crippen LogP contribution in [-0.4, -0.2) is 29.8 Å². The summed E-state index contributed by atoms with van der Waals surface area (Å²) in [6, 6.07) is 25.2. The van der Waals surface area contributed by atoms with Crippen LogP contribution in [0.1, 0.15) is 0 Å². The van der Waals surface area contributed by atoms with Gasteiger partial charge < -0.3 is 19.9 Å². The average Bonchev–Trinajstić information content (AvgIpc) is 3.44. The number of nitrogens with one attached hydrogen (secondary N) is 1. The molecule has 0 bridgehead atoms. The summed E-state index contributed by atoms with van der Waals surface area (Å²) in [6.45, 7) is 1.58. The fourth-order valence-corrected chi connectivity index (χ4v) is 5.21. The molecule has 0 atom stereocenters. The molecular formula is C30H25N5O. The molecule has 3 aromatic carbocycles. The van der Waals surface area contributed by atoms with Crippen LogP contribution in [0, 0.1) is 0 Å². The van der Waals surface area contributed by atoms with Crippen molar-refractivity contribution in [3.05, 3.63) is 103 Å². The molecule has 6 heteroatoms. The molecule has 176 valence electrons. The van der Waals surface area contributed by atoms with Gasteiger partial charge in [-0.2, -0.15) is 0 Å². The lowest BCUT2D eigenvalue weighted by molar-refractivity contribution is 0.483. The number of allylic oxidation sites excluding steroid dienone is 2. The fraction of sp³-hybridized carbons (Fsp3) is 0.100. The molecule has 0 spiro atoms. The highest BCUT2D eigenvalue weighted by atomic mass is 16.5. The third-order valence-electron chi connectivity index (χ3n) is 6.88. The Morgan fingerprint density at radius 1 is 0.861 bits per heavy atom. The van der Waals surface area contributed by atoms with E-state index < -0.39 is 0 Å². The number of nitrogens with zero attached hydrogens (tertiary/aromatic N) is 4. The summed E-state index contributed by atoms with van der Waals surface area (Å²) in [5.74, 6) is 2.67. The Morgan fingerprint density at radius 3 is 2.67 bits per heavy atom. The second-order valence-electron chi connectivity index (χ2n) is 9.12. The van der Waals surface area contributed by atoms with Crippen LogP contribution in [0.25, 0.3) is 27.6 Å². The normalized spacial score (nSPS) is 14.8. The van der Waals surface area contributed by atoms with Crippen LogP contribution in [0.3, 0.4) is 0 Å². The Morgan fingerprint density at radius 2 is 1.75 bits per heavy atom. The number of para-hydroxylation sites is 1. The maximum Gasteiger partial charge on any atom is 0.129 e. The Hall–Kier alpha value is -4.71. The summed E-state index contributed by atoms with van der Waals surface area (Å²) >= 11 is 0. The van der Waals surface area contributed by atoms with Crippen molar-refractivity contribution in [2.24, 2.45) is 0 Å². The Bertz CT molecular complexity index is 1680. The first-order valence-electron chi connectivity index (χ1n) is 12.1. The average molecular weight is 472 g/mol. The second kappa shape index (κ2) is 8.20. The van der Waals surface area contributed by atoms with Crippen molar-refractivity contribution in [1.29, 1.82) is 0 Å². The number of ether oxygens (including phenoxy) is 1. The molecule has 5 aromatic rings. The van der Waals surface area contributed by atoms with Crippen molar-refractivity contribution in [3.63, 3.8) is 0 Å². The molecule has 2 aliphatic heterocycles. The standard InChI is InChI=1S/C30H25N5O/c1-33-20-34(27-14-16-31-19-29(27)33)21-7-6-8-22(17-21)36-23-12-13-25-24-9-2-3-10-26(24)35(28(25)18-23)30-11-4-5-15-32-30/h2-14,16-19,32H,15,20H2,1H3. The number of aromatic nitrogens is 2. The maximum atomic E-state index is 6.42. The van der Waals surface area contributed by atoms with Crippen LogP contribution >= 0.6 is 0 Å². The summed E-state index contributed by atoms with van der Waals surface area (Å²) in [6.07, 6.45) is 10.1. The van der Waals surface area contributed by atoms with E-state index in [0.29, 0.717) is 0 Å². The van der Waals surface area contributed by atoms with Gasteiger partial charge in [-0.15, -0.1) is 0 Å². The molecule has 0 saturated heterocycles.